The van der Waals surface area contributed by atoms with Gasteiger partial charge in [0.05, 0.1) is 6.61 Å². The molecule has 0 N–H and O–H groups in total. The van der Waals surface area contributed by atoms with Crippen molar-refractivity contribution in [2.45, 2.75) is 6.92 Å². The van der Waals surface area contributed by atoms with Crippen molar-refractivity contribution in [3.05, 3.63) is 12.2 Å². The van der Waals surface area contributed by atoms with E-state index in [-0.39, 0.29) is 18.8 Å². The zero-order chi connectivity index (χ0) is 10.5. The van der Waals surface area contributed by atoms with E-state index in [1.807, 2.05) is 0 Å². The van der Waals surface area contributed by atoms with Crippen molar-refractivity contribution in [1.82, 2.24) is 0 Å². The van der Waals surface area contributed by atoms with Gasteiger partial charge in [0.25, 0.3) is 0 Å². The number of carbonyl (C=O) groups excluding carboxylic acids is 1. The van der Waals surface area contributed by atoms with Crippen LogP contribution in [-0.4, -0.2) is 25.8 Å². The quantitative estimate of drug-likeness (QED) is 0.280. The van der Waals surface area contributed by atoms with Gasteiger partial charge in [0.1, 0.15) is 14.2 Å². The van der Waals surface area contributed by atoms with Crippen LogP contribution in [0.3, 0.4) is 0 Å². The van der Waals surface area contributed by atoms with Crippen LogP contribution in [0.25, 0.3) is 0 Å². The van der Waals surface area contributed by atoms with Gasteiger partial charge in [-0.1, -0.05) is 6.58 Å². The normalized spacial score (nSPS) is 14.7. The molecule has 0 aromatic heterocycles. The van der Waals surface area contributed by atoms with Crippen molar-refractivity contribution in [1.29, 1.82) is 0 Å². The Kier molecular flexibility index (Phi) is 4.91. The Hall–Kier alpha value is -0.640. The highest BCUT2D eigenvalue weighted by molar-refractivity contribution is 7.50. The van der Waals surface area contributed by atoms with Gasteiger partial charge in [0.2, 0.25) is 0 Å². The number of esters is 1. The SMILES string of the molecule is C=C(C)C(=O)OCCOP(C)(=O)[O-]. The summed E-state index contributed by atoms with van der Waals surface area (Å²) in [4.78, 5) is 21.2. The number of hydrogen-bond donors (Lipinski definition) is 0. The molecule has 0 aliphatic heterocycles. The first-order chi connectivity index (χ1) is 5.83. The third-order valence-electron chi connectivity index (χ3n) is 0.991. The van der Waals surface area contributed by atoms with E-state index in [0.717, 1.165) is 6.66 Å². The molecule has 0 aromatic rings. The lowest BCUT2D eigenvalue weighted by Crippen LogP contribution is -2.12. The Morgan fingerprint density at radius 1 is 1.54 bits per heavy atom. The second-order valence-electron chi connectivity index (χ2n) is 2.52. The Morgan fingerprint density at radius 2 is 2.08 bits per heavy atom. The summed E-state index contributed by atoms with van der Waals surface area (Å²) in [5, 5.41) is 0. The fourth-order valence-electron chi connectivity index (χ4n) is 0.461. The van der Waals surface area contributed by atoms with Crippen molar-refractivity contribution < 1.29 is 23.5 Å². The molecule has 6 heteroatoms. The topological polar surface area (TPSA) is 75.7 Å². The van der Waals surface area contributed by atoms with Crippen LogP contribution in [0.2, 0.25) is 0 Å². The van der Waals surface area contributed by atoms with Gasteiger partial charge < -0.3 is 18.7 Å². The van der Waals surface area contributed by atoms with Gasteiger partial charge in [-0.05, 0) is 6.92 Å². The summed E-state index contributed by atoms with van der Waals surface area (Å²) in [6.45, 7) is 5.56. The molecular formula is C7H12O5P-. The zero-order valence-electron chi connectivity index (χ0n) is 7.61. The summed E-state index contributed by atoms with van der Waals surface area (Å²) in [6.07, 6.45) is 0. The van der Waals surface area contributed by atoms with Gasteiger partial charge in [0.15, 0.2) is 0 Å². The van der Waals surface area contributed by atoms with Gasteiger partial charge in [-0.25, -0.2) is 4.79 Å². The predicted molar refractivity (Wildman–Crippen MR) is 45.3 cm³/mol. The van der Waals surface area contributed by atoms with Gasteiger partial charge in [-0.15, -0.1) is 0 Å². The van der Waals surface area contributed by atoms with Crippen LogP contribution in [0.1, 0.15) is 6.92 Å². The van der Waals surface area contributed by atoms with Crippen LogP contribution >= 0.6 is 7.60 Å². The van der Waals surface area contributed by atoms with Crippen molar-refractivity contribution in [3.63, 3.8) is 0 Å². The fraction of sp³-hybridized carbons (Fsp3) is 0.571. The van der Waals surface area contributed by atoms with Crippen molar-refractivity contribution in [2.24, 2.45) is 0 Å². The number of carbonyl (C=O) groups is 1. The van der Waals surface area contributed by atoms with Crippen LogP contribution in [0.5, 0.6) is 0 Å². The summed E-state index contributed by atoms with van der Waals surface area (Å²) in [5.74, 6) is -0.555. The summed E-state index contributed by atoms with van der Waals surface area (Å²) in [6, 6.07) is 0. The summed E-state index contributed by atoms with van der Waals surface area (Å²) in [5.41, 5.74) is 0.266. The minimum Gasteiger partial charge on any atom is -0.779 e. The first kappa shape index (κ1) is 12.4. The van der Waals surface area contributed by atoms with E-state index in [1.165, 1.54) is 6.92 Å². The van der Waals surface area contributed by atoms with E-state index >= 15 is 0 Å². The first-order valence-corrected chi connectivity index (χ1v) is 5.57. The number of ether oxygens (including phenoxy) is 1. The molecule has 0 amide bonds. The molecule has 0 rings (SSSR count). The Bertz CT molecular complexity index is 241. The predicted octanol–water partition coefficient (Wildman–Crippen LogP) is 0.305. The molecule has 0 saturated carbocycles. The van der Waals surface area contributed by atoms with Crippen molar-refractivity contribution in [3.8, 4) is 0 Å². The van der Waals surface area contributed by atoms with Crippen LogP contribution in [0.4, 0.5) is 0 Å². The molecule has 1 unspecified atom stereocenters. The lowest BCUT2D eigenvalue weighted by molar-refractivity contribution is -0.197. The molecular weight excluding hydrogens is 195 g/mol. The Labute approximate surface area is 76.9 Å². The third kappa shape index (κ3) is 7.71. The van der Waals surface area contributed by atoms with Gasteiger partial charge >= 0.3 is 5.97 Å². The molecule has 13 heavy (non-hydrogen) atoms. The molecule has 0 spiro atoms. The number of hydrogen-bond acceptors (Lipinski definition) is 5. The number of rotatable bonds is 5. The highest BCUT2D eigenvalue weighted by atomic mass is 31.2. The molecule has 0 aliphatic rings. The minimum absolute atomic E-state index is 0.0915. The largest absolute Gasteiger partial charge is 0.779 e. The summed E-state index contributed by atoms with van der Waals surface area (Å²) >= 11 is 0. The minimum atomic E-state index is -3.71. The van der Waals surface area contributed by atoms with Crippen LogP contribution in [0, 0.1) is 0 Å². The molecule has 0 aromatic carbocycles. The maximum Gasteiger partial charge on any atom is 0.333 e. The molecule has 0 bridgehead atoms. The smallest absolute Gasteiger partial charge is 0.333 e. The monoisotopic (exact) mass is 207 g/mol. The molecule has 0 heterocycles. The lowest BCUT2D eigenvalue weighted by atomic mass is 10.4. The average Bonchev–Trinajstić information content (AvgIpc) is 1.95. The summed E-state index contributed by atoms with van der Waals surface area (Å²) < 4.78 is 19.4. The second kappa shape index (κ2) is 5.17. The maximum absolute atomic E-state index is 10.7. The molecule has 5 nitrogen and oxygen atoms in total. The highest BCUT2D eigenvalue weighted by Gasteiger charge is 2.03. The molecule has 76 valence electrons. The summed E-state index contributed by atoms with van der Waals surface area (Å²) in [7, 11) is -3.71. The Balaban J connectivity index is 3.53. The third-order valence-corrected chi connectivity index (χ3v) is 1.64. The zero-order valence-corrected chi connectivity index (χ0v) is 8.50. The van der Waals surface area contributed by atoms with Crippen LogP contribution in [-0.2, 0) is 18.6 Å². The maximum atomic E-state index is 10.7. The molecule has 0 aliphatic carbocycles. The van der Waals surface area contributed by atoms with Gasteiger partial charge in [0, 0.05) is 12.2 Å². The van der Waals surface area contributed by atoms with E-state index in [0.29, 0.717) is 0 Å². The van der Waals surface area contributed by atoms with E-state index in [4.69, 9.17) is 0 Å². The van der Waals surface area contributed by atoms with E-state index in [1.54, 1.807) is 0 Å². The van der Waals surface area contributed by atoms with E-state index in [2.05, 4.69) is 15.8 Å². The highest BCUT2D eigenvalue weighted by Crippen LogP contribution is 2.30. The molecule has 0 fully saturated rings. The van der Waals surface area contributed by atoms with Crippen LogP contribution < -0.4 is 4.89 Å². The van der Waals surface area contributed by atoms with E-state index < -0.39 is 13.6 Å². The van der Waals surface area contributed by atoms with Crippen molar-refractivity contribution >= 4 is 13.6 Å². The molecule has 0 radical (unpaired) electrons. The first-order valence-electron chi connectivity index (χ1n) is 3.58. The molecule has 0 saturated heterocycles. The second-order valence-corrected chi connectivity index (χ2v) is 4.32. The average molecular weight is 207 g/mol. The van der Waals surface area contributed by atoms with E-state index in [9.17, 15) is 14.3 Å². The fourth-order valence-corrected chi connectivity index (χ4v) is 0.867. The van der Waals surface area contributed by atoms with Crippen molar-refractivity contribution in [2.75, 3.05) is 19.9 Å². The lowest BCUT2D eigenvalue weighted by Gasteiger charge is -2.17. The standard InChI is InChI=1S/C7H13O5P/c1-6(2)7(8)11-4-5-12-13(3,9)10/h1,4-5H2,2-3H3,(H,9,10)/p-1. The van der Waals surface area contributed by atoms with Crippen LogP contribution in [0.15, 0.2) is 12.2 Å². The van der Waals surface area contributed by atoms with Gasteiger partial charge in [-0.3, -0.25) is 0 Å². The molecule has 1 atom stereocenters. The Morgan fingerprint density at radius 3 is 2.46 bits per heavy atom. The van der Waals surface area contributed by atoms with Gasteiger partial charge in [-0.2, -0.15) is 0 Å².